The Kier molecular flexibility index (Phi) is 4.07. The molecule has 0 N–H and O–H groups in total. The van der Waals surface area contributed by atoms with E-state index < -0.39 is 10.0 Å². The topological polar surface area (TPSA) is 74.7 Å². The second-order valence-corrected chi connectivity index (χ2v) is 10.2. The normalized spacial score (nSPS) is 12.3. The lowest BCUT2D eigenvalue weighted by Gasteiger charge is -2.12. The average molecular weight is 456 g/mol. The fourth-order valence-corrected chi connectivity index (χ4v) is 5.97. The van der Waals surface area contributed by atoms with Crippen LogP contribution in [0.4, 0.5) is 0 Å². The highest BCUT2D eigenvalue weighted by Gasteiger charge is 2.26. The van der Waals surface area contributed by atoms with Crippen LogP contribution in [-0.2, 0) is 24.1 Å². The van der Waals surface area contributed by atoms with E-state index in [1.165, 1.54) is 3.97 Å². The Morgan fingerprint density at radius 3 is 2.45 bits per heavy atom. The van der Waals surface area contributed by atoms with Crippen LogP contribution in [0.3, 0.4) is 0 Å². The molecular weight excluding hydrogens is 434 g/mol. The van der Waals surface area contributed by atoms with Crippen LogP contribution in [0.2, 0.25) is 0 Å². The summed E-state index contributed by atoms with van der Waals surface area (Å²) in [5.74, 6) is 0. The van der Waals surface area contributed by atoms with Gasteiger partial charge in [0.1, 0.15) is 0 Å². The molecule has 0 saturated heterocycles. The predicted octanol–water partition coefficient (Wildman–Crippen LogP) is 4.63. The number of nitrogens with zero attached hydrogens (tertiary/aromatic N) is 5. The smallest absolute Gasteiger partial charge is 0.269 e. The van der Waals surface area contributed by atoms with E-state index in [0.29, 0.717) is 11.3 Å². The van der Waals surface area contributed by atoms with Crippen molar-refractivity contribution in [2.75, 3.05) is 0 Å². The Balaban J connectivity index is 1.72. The molecule has 0 radical (unpaired) electrons. The first-order valence-electron chi connectivity index (χ1n) is 10.5. The minimum absolute atomic E-state index is 0.222. The lowest BCUT2D eigenvalue weighted by atomic mass is 10.1. The summed E-state index contributed by atoms with van der Waals surface area (Å²) in [4.78, 5) is 4.79. The van der Waals surface area contributed by atoms with Crippen LogP contribution in [0.1, 0.15) is 5.56 Å². The molecule has 8 heteroatoms. The molecule has 6 rings (SSSR count). The molecule has 2 aromatic carbocycles. The van der Waals surface area contributed by atoms with E-state index in [2.05, 4.69) is 10.1 Å². The molecule has 7 nitrogen and oxygen atoms in total. The molecule has 0 spiro atoms. The number of aromatic nitrogens is 5. The number of pyridine rings is 1. The van der Waals surface area contributed by atoms with Gasteiger partial charge in [0, 0.05) is 53.7 Å². The quantitative estimate of drug-likeness (QED) is 0.390. The van der Waals surface area contributed by atoms with E-state index in [9.17, 15) is 8.42 Å². The summed E-state index contributed by atoms with van der Waals surface area (Å²) in [5, 5.41) is 6.99. The number of aryl methyl sites for hydroxylation is 3. The van der Waals surface area contributed by atoms with Crippen LogP contribution in [0, 0.1) is 6.92 Å². The van der Waals surface area contributed by atoms with Crippen molar-refractivity contribution in [2.24, 2.45) is 14.1 Å². The fraction of sp³-hybridized carbons (Fsp3) is 0.120. The third-order valence-corrected chi connectivity index (χ3v) is 7.94. The molecule has 4 heterocycles. The van der Waals surface area contributed by atoms with Crippen molar-refractivity contribution >= 4 is 42.9 Å². The molecule has 0 unspecified atom stereocenters. The number of hydrogen-bond donors (Lipinski definition) is 0. The molecule has 0 atom stereocenters. The zero-order valence-electron chi connectivity index (χ0n) is 18.4. The largest absolute Gasteiger partial charge is 0.351 e. The molecule has 164 valence electrons. The first kappa shape index (κ1) is 19.8. The molecule has 0 amide bonds. The second-order valence-electron chi connectivity index (χ2n) is 8.38. The summed E-state index contributed by atoms with van der Waals surface area (Å²) in [6.07, 6.45) is 5.41. The van der Waals surface area contributed by atoms with Gasteiger partial charge >= 0.3 is 0 Å². The maximum absolute atomic E-state index is 13.9. The monoisotopic (exact) mass is 455 g/mol. The van der Waals surface area contributed by atoms with Crippen molar-refractivity contribution in [3.63, 3.8) is 0 Å². The van der Waals surface area contributed by atoms with Gasteiger partial charge < -0.3 is 4.57 Å². The zero-order valence-corrected chi connectivity index (χ0v) is 19.2. The van der Waals surface area contributed by atoms with E-state index in [-0.39, 0.29) is 4.90 Å². The van der Waals surface area contributed by atoms with Gasteiger partial charge in [-0.3, -0.25) is 4.68 Å². The van der Waals surface area contributed by atoms with Crippen molar-refractivity contribution < 1.29 is 8.42 Å². The maximum atomic E-state index is 13.9. The van der Waals surface area contributed by atoms with Gasteiger partial charge in [0.25, 0.3) is 10.0 Å². The van der Waals surface area contributed by atoms with Crippen molar-refractivity contribution in [3.05, 3.63) is 78.8 Å². The molecule has 0 aliphatic carbocycles. The lowest BCUT2D eigenvalue weighted by molar-refractivity contribution is 0.589. The number of rotatable bonds is 3. The number of fused-ring (bicyclic) bond motifs is 4. The molecule has 0 saturated carbocycles. The zero-order chi connectivity index (χ0) is 22.9. The summed E-state index contributed by atoms with van der Waals surface area (Å²) in [6.45, 7) is 1.93. The van der Waals surface area contributed by atoms with E-state index in [4.69, 9.17) is 0 Å². The van der Waals surface area contributed by atoms with Crippen LogP contribution in [-0.4, -0.2) is 31.7 Å². The Bertz CT molecular complexity index is 1810. The van der Waals surface area contributed by atoms with Gasteiger partial charge in [-0.25, -0.2) is 17.4 Å². The second kappa shape index (κ2) is 6.79. The molecule has 6 aromatic rings. The van der Waals surface area contributed by atoms with E-state index >= 15 is 0 Å². The standard InChI is InChI=1S/C25H21N5O2S/c1-16-4-7-20(8-5-16)33(31,32)30-23(17-6-9-22-18(12-17)10-11-28(22)2)13-21-24-19(14-26-25(21)30)15-27-29(24)3/h4-15H,1-3H3. The number of benzene rings is 2. The number of hydrogen-bond acceptors (Lipinski definition) is 4. The van der Waals surface area contributed by atoms with Crippen molar-refractivity contribution in [3.8, 4) is 11.3 Å². The molecule has 4 aromatic heterocycles. The van der Waals surface area contributed by atoms with Gasteiger partial charge in [-0.1, -0.05) is 23.8 Å². The summed E-state index contributed by atoms with van der Waals surface area (Å²) in [7, 11) is -0.0707. The third-order valence-electron chi connectivity index (χ3n) is 6.22. The van der Waals surface area contributed by atoms with E-state index in [1.54, 1.807) is 41.3 Å². The third kappa shape index (κ3) is 2.84. The van der Waals surface area contributed by atoms with Gasteiger partial charge in [-0.05, 0) is 43.3 Å². The van der Waals surface area contributed by atoms with Crippen molar-refractivity contribution in [1.82, 2.24) is 23.3 Å². The molecule has 33 heavy (non-hydrogen) atoms. The van der Waals surface area contributed by atoms with Crippen LogP contribution in [0.15, 0.2) is 78.1 Å². The maximum Gasteiger partial charge on any atom is 0.269 e. The highest BCUT2D eigenvalue weighted by Crippen LogP contribution is 2.35. The summed E-state index contributed by atoms with van der Waals surface area (Å²) < 4.78 is 33.0. The van der Waals surface area contributed by atoms with Crippen LogP contribution in [0.5, 0.6) is 0 Å². The van der Waals surface area contributed by atoms with Crippen LogP contribution >= 0.6 is 0 Å². The predicted molar refractivity (Wildman–Crippen MR) is 130 cm³/mol. The Morgan fingerprint density at radius 1 is 0.879 bits per heavy atom. The first-order chi connectivity index (χ1) is 15.8. The molecule has 0 bridgehead atoms. The molecular formula is C25H21N5O2S. The summed E-state index contributed by atoms with van der Waals surface area (Å²) in [5.41, 5.74) is 4.68. The van der Waals surface area contributed by atoms with Gasteiger partial charge in [-0.15, -0.1) is 0 Å². The lowest BCUT2D eigenvalue weighted by Crippen LogP contribution is -2.14. The highest BCUT2D eigenvalue weighted by molar-refractivity contribution is 7.90. The molecule has 0 aliphatic heterocycles. The average Bonchev–Trinajstić information content (AvgIpc) is 3.49. The minimum Gasteiger partial charge on any atom is -0.351 e. The van der Waals surface area contributed by atoms with Crippen LogP contribution < -0.4 is 0 Å². The van der Waals surface area contributed by atoms with E-state index in [0.717, 1.165) is 38.3 Å². The fourth-order valence-electron chi connectivity index (χ4n) is 4.49. The minimum atomic E-state index is -3.91. The van der Waals surface area contributed by atoms with Gasteiger partial charge in [0.2, 0.25) is 0 Å². The van der Waals surface area contributed by atoms with Crippen molar-refractivity contribution in [1.29, 1.82) is 0 Å². The summed E-state index contributed by atoms with van der Waals surface area (Å²) >= 11 is 0. The Morgan fingerprint density at radius 2 is 1.67 bits per heavy atom. The molecule has 0 fully saturated rings. The highest BCUT2D eigenvalue weighted by atomic mass is 32.2. The van der Waals surface area contributed by atoms with E-state index in [1.807, 2.05) is 62.1 Å². The Labute approximate surface area is 190 Å². The SMILES string of the molecule is Cc1ccc(S(=O)(=O)n2c(-c3ccc4c(ccn4C)c3)cc3c4c(cnc32)cnn4C)cc1. The van der Waals surface area contributed by atoms with Crippen LogP contribution in [0.25, 0.3) is 44.1 Å². The van der Waals surface area contributed by atoms with Gasteiger partial charge in [0.05, 0.1) is 22.3 Å². The van der Waals surface area contributed by atoms with Crippen molar-refractivity contribution in [2.45, 2.75) is 11.8 Å². The van der Waals surface area contributed by atoms with Gasteiger partial charge in [-0.2, -0.15) is 5.10 Å². The Hall–Kier alpha value is -3.91. The first-order valence-corrected chi connectivity index (χ1v) is 12.0. The molecule has 0 aliphatic rings. The summed E-state index contributed by atoms with van der Waals surface area (Å²) in [6, 6.07) is 16.8. The van der Waals surface area contributed by atoms with Gasteiger partial charge in [0.15, 0.2) is 5.65 Å².